The van der Waals surface area contributed by atoms with Crippen molar-refractivity contribution < 1.29 is 13.2 Å². The Balaban J connectivity index is 1.91. The molecule has 7 heteroatoms. The highest BCUT2D eigenvalue weighted by Gasteiger charge is 2.31. The highest BCUT2D eigenvalue weighted by molar-refractivity contribution is 6.42. The lowest BCUT2D eigenvalue weighted by atomic mass is 9.95. The van der Waals surface area contributed by atoms with Crippen molar-refractivity contribution in [2.45, 2.75) is 68.4 Å². The van der Waals surface area contributed by atoms with Crippen LogP contribution in [-0.4, -0.2) is 22.2 Å². The summed E-state index contributed by atoms with van der Waals surface area (Å²) >= 11 is 0. The van der Waals surface area contributed by atoms with Gasteiger partial charge in [-0.25, -0.2) is 9.13 Å². The number of hydrogen-bond donors (Lipinski definition) is 0. The highest BCUT2D eigenvalue weighted by Crippen LogP contribution is 2.40. The van der Waals surface area contributed by atoms with Crippen LogP contribution >= 0.6 is 0 Å². The summed E-state index contributed by atoms with van der Waals surface area (Å²) in [5.74, 6) is 0. The molecule has 4 rings (SSSR count). The number of benzene rings is 1. The Kier molecular flexibility index (Phi) is 6.47. The van der Waals surface area contributed by atoms with Gasteiger partial charge in [0.15, 0.2) is 0 Å². The molecular formula is C28H34BF2N4+. The van der Waals surface area contributed by atoms with Crippen LogP contribution in [0.5, 0.6) is 0 Å². The van der Waals surface area contributed by atoms with Gasteiger partial charge in [-0.05, 0) is 114 Å². The van der Waals surface area contributed by atoms with Crippen LogP contribution in [0.2, 0.25) is 0 Å². The lowest BCUT2D eigenvalue weighted by molar-refractivity contribution is -0.715. The van der Waals surface area contributed by atoms with Crippen LogP contribution in [-0.2, 0) is 0 Å². The first-order valence-electron chi connectivity index (χ1n) is 12.1. The third kappa shape index (κ3) is 4.22. The molecule has 182 valence electrons. The van der Waals surface area contributed by atoms with Gasteiger partial charge in [0.05, 0.1) is 11.7 Å². The van der Waals surface area contributed by atoms with E-state index in [1.54, 1.807) is 6.92 Å². The first-order valence-corrected chi connectivity index (χ1v) is 12.1. The van der Waals surface area contributed by atoms with Gasteiger partial charge in [-0.3, -0.25) is 13.6 Å². The summed E-state index contributed by atoms with van der Waals surface area (Å²) in [6.07, 6.45) is 8.22. The molecule has 35 heavy (non-hydrogen) atoms. The summed E-state index contributed by atoms with van der Waals surface area (Å²) in [5, 5.41) is 0. The SMILES string of the molecule is CC1=CC(C)=N/C1=C(/C)c1c(C)c(-c2cc(C)c(-n3cc[n+](C(C)C)c3)c(C)c2)c(C)n1B(F)F. The molecule has 0 bridgehead atoms. The minimum absolute atomic E-state index is 0.373. The van der Waals surface area contributed by atoms with Crippen LogP contribution in [0.25, 0.3) is 22.4 Å². The molecule has 1 aliphatic rings. The second kappa shape index (κ2) is 9.10. The number of allylic oxidation sites excluding steroid dienone is 3. The van der Waals surface area contributed by atoms with E-state index in [1.807, 2.05) is 33.8 Å². The lowest BCUT2D eigenvalue weighted by Gasteiger charge is -2.12. The maximum atomic E-state index is 14.4. The molecule has 0 radical (unpaired) electrons. The summed E-state index contributed by atoms with van der Waals surface area (Å²) in [6.45, 7) is 18.0. The molecular weight excluding hydrogens is 441 g/mol. The lowest BCUT2D eigenvalue weighted by Crippen LogP contribution is -2.33. The monoisotopic (exact) mass is 475 g/mol. The quantitative estimate of drug-likeness (QED) is 0.281. The van der Waals surface area contributed by atoms with Gasteiger partial charge in [0.2, 0.25) is 6.33 Å². The Hall–Kier alpha value is -3.22. The first kappa shape index (κ1) is 24.9. The molecule has 1 aliphatic heterocycles. The first-order chi connectivity index (χ1) is 16.4. The van der Waals surface area contributed by atoms with Crippen LogP contribution in [0.15, 0.2) is 53.2 Å². The third-order valence-corrected chi connectivity index (χ3v) is 6.98. The molecule has 3 heterocycles. The maximum Gasteiger partial charge on any atom is 0.677 e. The van der Waals surface area contributed by atoms with Gasteiger partial charge in [-0.1, -0.05) is 0 Å². The van der Waals surface area contributed by atoms with Crippen LogP contribution in [0.3, 0.4) is 0 Å². The van der Waals surface area contributed by atoms with Gasteiger partial charge in [0, 0.05) is 22.7 Å². The highest BCUT2D eigenvalue weighted by atomic mass is 19.2. The molecule has 0 saturated carbocycles. The number of hydrogen-bond acceptors (Lipinski definition) is 1. The van der Waals surface area contributed by atoms with Gasteiger partial charge in [-0.15, -0.1) is 0 Å². The van der Waals surface area contributed by atoms with Gasteiger partial charge in [-0.2, -0.15) is 0 Å². The van der Waals surface area contributed by atoms with Crippen molar-refractivity contribution in [1.82, 2.24) is 9.05 Å². The summed E-state index contributed by atoms with van der Waals surface area (Å²) in [4.78, 5) is 4.63. The molecule has 0 fully saturated rings. The number of aryl methyl sites for hydroxylation is 2. The Bertz CT molecular complexity index is 1390. The van der Waals surface area contributed by atoms with Crippen LogP contribution in [0, 0.1) is 27.7 Å². The fraction of sp³-hybridized carbons (Fsp3) is 0.357. The standard InChI is InChI=1S/C28H34BF2N4/c1-16(2)33-10-11-34(15-33)27-18(4)13-24(14-19(27)5)25-21(7)28(35(23(25)9)29(30)31)22(8)26-17(3)12-20(6)32-26/h10-16H,1-9H3/q+1/b26-22-. The normalized spacial score (nSPS) is 15.1. The number of aliphatic imine (C=N–C) groups is 1. The predicted octanol–water partition coefficient (Wildman–Crippen LogP) is 6.97. The van der Waals surface area contributed by atoms with Crippen LogP contribution in [0.4, 0.5) is 8.63 Å². The minimum Gasteiger partial charge on any atom is -0.329 e. The number of nitrogens with zero attached hydrogens (tertiary/aromatic N) is 4. The topological polar surface area (TPSA) is 26.1 Å². The molecule has 1 aromatic carbocycles. The summed E-state index contributed by atoms with van der Waals surface area (Å²) < 4.78 is 34.3. The molecule has 4 nitrogen and oxygen atoms in total. The molecule has 3 aromatic rings. The summed E-state index contributed by atoms with van der Waals surface area (Å²) in [7, 11) is -2.64. The van der Waals surface area contributed by atoms with Crippen molar-refractivity contribution in [3.8, 4) is 16.8 Å². The smallest absolute Gasteiger partial charge is 0.329 e. The van der Waals surface area contributed by atoms with E-state index in [2.05, 4.69) is 72.7 Å². The zero-order valence-corrected chi connectivity index (χ0v) is 22.2. The number of imidazole rings is 1. The zero-order chi connectivity index (χ0) is 25.8. The number of rotatable bonds is 5. The average molecular weight is 475 g/mol. The van der Waals surface area contributed by atoms with Crippen LogP contribution in [0.1, 0.15) is 68.7 Å². The molecule has 2 aromatic heterocycles. The molecule has 0 atom stereocenters. The maximum absolute atomic E-state index is 14.4. The Morgan fingerprint density at radius 3 is 2.14 bits per heavy atom. The fourth-order valence-electron chi connectivity index (χ4n) is 5.47. The Labute approximate surface area is 207 Å². The van der Waals surface area contributed by atoms with Gasteiger partial charge < -0.3 is 4.48 Å². The van der Waals surface area contributed by atoms with E-state index in [0.29, 0.717) is 17.4 Å². The fourth-order valence-corrected chi connectivity index (χ4v) is 5.47. The second-order valence-corrected chi connectivity index (χ2v) is 9.96. The zero-order valence-electron chi connectivity index (χ0n) is 22.2. The van der Waals surface area contributed by atoms with E-state index < -0.39 is 7.40 Å². The van der Waals surface area contributed by atoms with Crippen molar-refractivity contribution in [2.24, 2.45) is 4.99 Å². The molecule has 0 saturated heterocycles. The molecule has 0 amide bonds. The van der Waals surface area contributed by atoms with Gasteiger partial charge >= 0.3 is 7.40 Å². The second-order valence-electron chi connectivity index (χ2n) is 9.96. The van der Waals surface area contributed by atoms with E-state index in [0.717, 1.165) is 56.1 Å². The Morgan fingerprint density at radius 2 is 1.66 bits per heavy atom. The summed E-state index contributed by atoms with van der Waals surface area (Å²) in [5.41, 5.74) is 10.6. The summed E-state index contributed by atoms with van der Waals surface area (Å²) in [6, 6.07) is 4.60. The van der Waals surface area contributed by atoms with Crippen molar-refractivity contribution in [3.05, 3.63) is 76.3 Å². The van der Waals surface area contributed by atoms with Gasteiger partial charge in [0.25, 0.3) is 0 Å². The van der Waals surface area contributed by atoms with Crippen molar-refractivity contribution in [2.75, 3.05) is 0 Å². The molecule has 0 spiro atoms. The number of aromatic nitrogens is 3. The van der Waals surface area contributed by atoms with Crippen molar-refractivity contribution in [3.63, 3.8) is 0 Å². The average Bonchev–Trinajstić information content (AvgIpc) is 3.43. The van der Waals surface area contributed by atoms with E-state index in [4.69, 9.17) is 0 Å². The van der Waals surface area contributed by atoms with Gasteiger partial charge in [0.1, 0.15) is 18.1 Å². The molecule has 0 N–H and O–H groups in total. The largest absolute Gasteiger partial charge is 0.677 e. The molecule has 0 aliphatic carbocycles. The number of halogens is 2. The van der Waals surface area contributed by atoms with E-state index in [-0.39, 0.29) is 0 Å². The third-order valence-electron chi connectivity index (χ3n) is 6.98. The minimum atomic E-state index is -2.64. The van der Waals surface area contributed by atoms with Crippen molar-refractivity contribution >= 4 is 18.7 Å². The molecule has 0 unspecified atom stereocenters. The Morgan fingerprint density at radius 1 is 1.03 bits per heavy atom. The van der Waals surface area contributed by atoms with Crippen LogP contribution < -0.4 is 4.57 Å². The van der Waals surface area contributed by atoms with E-state index in [1.165, 1.54) is 4.48 Å². The predicted molar refractivity (Wildman–Crippen MR) is 142 cm³/mol. The van der Waals surface area contributed by atoms with Crippen molar-refractivity contribution in [1.29, 1.82) is 0 Å². The van der Waals surface area contributed by atoms with E-state index >= 15 is 0 Å². The van der Waals surface area contributed by atoms with E-state index in [9.17, 15) is 8.63 Å².